The Balaban J connectivity index is 1.41. The van der Waals surface area contributed by atoms with Crippen LogP contribution in [0.4, 0.5) is 11.4 Å². The molecule has 1 N–H and O–H groups in total. The van der Waals surface area contributed by atoms with E-state index >= 15 is 0 Å². The van der Waals surface area contributed by atoms with Gasteiger partial charge in [-0.2, -0.15) is 5.10 Å². The molecule has 2 amide bonds. The Morgan fingerprint density at radius 1 is 0.854 bits per heavy atom. The van der Waals surface area contributed by atoms with Crippen LogP contribution in [-0.4, -0.2) is 66.1 Å². The number of fused-ring (bicyclic) bond motifs is 1. The number of methoxy groups -OCH3 is 1. The quantitative estimate of drug-likeness (QED) is 0.275. The molecule has 10 heteroatoms. The summed E-state index contributed by atoms with van der Waals surface area (Å²) in [6.45, 7) is 1.48. The fraction of sp³-hybridized carbons (Fsp3) is 0.419. The third-order valence-electron chi connectivity index (χ3n) is 7.61. The second-order valence-electron chi connectivity index (χ2n) is 10.3. The lowest BCUT2D eigenvalue weighted by Crippen LogP contribution is -2.39. The Morgan fingerprint density at radius 2 is 1.54 bits per heavy atom. The lowest BCUT2D eigenvalue weighted by molar-refractivity contribution is -0.119. The van der Waals surface area contributed by atoms with Crippen molar-refractivity contribution in [2.75, 3.05) is 43.2 Å². The van der Waals surface area contributed by atoms with Crippen molar-refractivity contribution in [3.63, 3.8) is 0 Å². The van der Waals surface area contributed by atoms with Gasteiger partial charge in [0.1, 0.15) is 11.4 Å². The fourth-order valence-corrected chi connectivity index (χ4v) is 5.37. The zero-order valence-corrected chi connectivity index (χ0v) is 23.4. The summed E-state index contributed by atoms with van der Waals surface area (Å²) in [5.74, 6) is -0.0293. The summed E-state index contributed by atoms with van der Waals surface area (Å²) in [6.07, 6.45) is 6.03. The molecule has 0 saturated carbocycles. The van der Waals surface area contributed by atoms with E-state index in [-0.39, 0.29) is 30.7 Å². The zero-order chi connectivity index (χ0) is 28.8. The number of aromatic nitrogens is 2. The molecule has 41 heavy (non-hydrogen) atoms. The number of hydrogen-bond donors (Lipinski definition) is 1. The van der Waals surface area contributed by atoms with Crippen LogP contribution in [-0.2, 0) is 16.0 Å². The molecule has 0 bridgehead atoms. The number of nitrogens with zero attached hydrogens (tertiary/aromatic N) is 4. The average molecular weight is 561 g/mol. The molecule has 2 aliphatic rings. The molecule has 0 radical (unpaired) electrons. The highest BCUT2D eigenvalue weighted by atomic mass is 16.5. The Hall–Kier alpha value is -4.18. The Bertz CT molecular complexity index is 1380. The maximum atomic E-state index is 14.0. The largest absolute Gasteiger partial charge is 0.497 e. The van der Waals surface area contributed by atoms with Gasteiger partial charge in [0.15, 0.2) is 5.69 Å². The summed E-state index contributed by atoms with van der Waals surface area (Å²) in [4.78, 5) is 42.9. The fourth-order valence-electron chi connectivity index (χ4n) is 5.37. The van der Waals surface area contributed by atoms with Gasteiger partial charge < -0.3 is 24.4 Å². The molecule has 3 heterocycles. The standard InChI is InChI=1S/C31H36N4O6/c1-40-25-15-13-24(14-16-25)35-29-26(28(32-35)31(39)41-21-7-3-2-6-20-36)17-19-34(30(29)38)23-11-9-22(10-12-23)33-18-5-4-8-27(33)37/h9-16,36H,2-8,17-21H2,1H3. The van der Waals surface area contributed by atoms with Crippen molar-refractivity contribution in [3.05, 3.63) is 65.5 Å². The van der Waals surface area contributed by atoms with Crippen LogP contribution in [0.2, 0.25) is 0 Å². The lowest BCUT2D eigenvalue weighted by Gasteiger charge is -2.29. The van der Waals surface area contributed by atoms with Crippen LogP contribution in [0.25, 0.3) is 5.69 Å². The number of ether oxygens (including phenoxy) is 2. The smallest absolute Gasteiger partial charge is 0.359 e. The second kappa shape index (κ2) is 13.0. The van der Waals surface area contributed by atoms with Crippen LogP contribution in [0.15, 0.2) is 48.5 Å². The molecule has 10 nitrogen and oxygen atoms in total. The Labute approximate surface area is 239 Å². The number of anilines is 2. The van der Waals surface area contributed by atoms with Crippen molar-refractivity contribution < 1.29 is 29.0 Å². The maximum Gasteiger partial charge on any atom is 0.359 e. The van der Waals surface area contributed by atoms with Crippen LogP contribution in [0.1, 0.15) is 71.5 Å². The van der Waals surface area contributed by atoms with Crippen LogP contribution in [0.5, 0.6) is 5.75 Å². The number of aliphatic hydroxyl groups excluding tert-OH is 1. The molecule has 1 saturated heterocycles. The molecule has 5 rings (SSSR count). The van der Waals surface area contributed by atoms with E-state index in [0.29, 0.717) is 60.7 Å². The van der Waals surface area contributed by atoms with Gasteiger partial charge in [0.05, 0.1) is 19.4 Å². The first kappa shape index (κ1) is 28.4. The summed E-state index contributed by atoms with van der Waals surface area (Å²) in [5.41, 5.74) is 3.21. The molecule has 3 aromatic rings. The van der Waals surface area contributed by atoms with E-state index in [0.717, 1.165) is 37.8 Å². The number of carbonyl (C=O) groups is 3. The van der Waals surface area contributed by atoms with Gasteiger partial charge in [0, 0.05) is 43.1 Å². The summed E-state index contributed by atoms with van der Waals surface area (Å²) in [7, 11) is 1.58. The monoisotopic (exact) mass is 560 g/mol. The summed E-state index contributed by atoms with van der Waals surface area (Å²) in [6, 6.07) is 14.6. The molecular weight excluding hydrogens is 524 g/mol. The minimum Gasteiger partial charge on any atom is -0.497 e. The zero-order valence-electron chi connectivity index (χ0n) is 23.4. The average Bonchev–Trinajstić information content (AvgIpc) is 3.40. The van der Waals surface area contributed by atoms with E-state index in [4.69, 9.17) is 14.6 Å². The van der Waals surface area contributed by atoms with E-state index in [2.05, 4.69) is 5.10 Å². The molecule has 2 aliphatic heterocycles. The number of esters is 1. The van der Waals surface area contributed by atoms with Gasteiger partial charge >= 0.3 is 5.97 Å². The van der Waals surface area contributed by atoms with Gasteiger partial charge in [-0.3, -0.25) is 9.59 Å². The third kappa shape index (κ3) is 6.12. The minimum absolute atomic E-state index is 0.121. The molecule has 0 spiro atoms. The topological polar surface area (TPSA) is 114 Å². The van der Waals surface area contributed by atoms with E-state index in [1.165, 1.54) is 4.68 Å². The number of carbonyl (C=O) groups excluding carboxylic acids is 3. The first-order chi connectivity index (χ1) is 20.0. The molecule has 216 valence electrons. The first-order valence-electron chi connectivity index (χ1n) is 14.3. The Kier molecular flexibility index (Phi) is 8.98. The summed E-state index contributed by atoms with van der Waals surface area (Å²) >= 11 is 0. The number of piperidine rings is 1. The van der Waals surface area contributed by atoms with Crippen molar-refractivity contribution in [1.29, 1.82) is 0 Å². The van der Waals surface area contributed by atoms with Crippen molar-refractivity contribution in [2.24, 2.45) is 0 Å². The van der Waals surface area contributed by atoms with Gasteiger partial charge in [-0.1, -0.05) is 6.42 Å². The van der Waals surface area contributed by atoms with Gasteiger partial charge in [0.25, 0.3) is 5.91 Å². The number of unbranched alkanes of at least 4 members (excludes halogenated alkanes) is 3. The summed E-state index contributed by atoms with van der Waals surface area (Å²) < 4.78 is 12.3. The van der Waals surface area contributed by atoms with Crippen LogP contribution in [0.3, 0.4) is 0 Å². The van der Waals surface area contributed by atoms with Crippen molar-refractivity contribution in [2.45, 2.75) is 51.4 Å². The van der Waals surface area contributed by atoms with E-state index in [1.807, 2.05) is 24.3 Å². The normalized spacial score (nSPS) is 15.2. The van der Waals surface area contributed by atoms with E-state index in [1.54, 1.807) is 41.2 Å². The Morgan fingerprint density at radius 3 is 2.22 bits per heavy atom. The van der Waals surface area contributed by atoms with Crippen LogP contribution < -0.4 is 14.5 Å². The third-order valence-corrected chi connectivity index (χ3v) is 7.61. The number of hydrogen-bond acceptors (Lipinski definition) is 7. The van der Waals surface area contributed by atoms with Gasteiger partial charge in [0.2, 0.25) is 5.91 Å². The summed E-state index contributed by atoms with van der Waals surface area (Å²) in [5, 5.41) is 13.5. The first-order valence-corrected chi connectivity index (χ1v) is 14.3. The predicted molar refractivity (Wildman–Crippen MR) is 154 cm³/mol. The lowest BCUT2D eigenvalue weighted by atomic mass is 10.0. The van der Waals surface area contributed by atoms with Crippen LogP contribution >= 0.6 is 0 Å². The highest BCUT2D eigenvalue weighted by molar-refractivity contribution is 6.09. The number of aliphatic hydroxyl groups is 1. The number of amides is 2. The van der Waals surface area contributed by atoms with Crippen LogP contribution in [0, 0.1) is 0 Å². The number of rotatable bonds is 11. The maximum absolute atomic E-state index is 14.0. The van der Waals surface area contributed by atoms with Gasteiger partial charge in [-0.25, -0.2) is 9.48 Å². The highest BCUT2D eigenvalue weighted by Crippen LogP contribution is 2.31. The minimum atomic E-state index is -0.549. The second-order valence-corrected chi connectivity index (χ2v) is 10.3. The predicted octanol–water partition coefficient (Wildman–Crippen LogP) is 4.31. The molecule has 0 aliphatic carbocycles. The highest BCUT2D eigenvalue weighted by Gasteiger charge is 2.35. The molecule has 2 aromatic carbocycles. The molecule has 1 aromatic heterocycles. The molecular formula is C31H36N4O6. The van der Waals surface area contributed by atoms with Crippen molar-refractivity contribution in [1.82, 2.24) is 9.78 Å². The molecule has 0 unspecified atom stereocenters. The molecule has 0 atom stereocenters. The van der Waals surface area contributed by atoms with Crippen molar-refractivity contribution in [3.8, 4) is 11.4 Å². The van der Waals surface area contributed by atoms with E-state index < -0.39 is 5.97 Å². The molecule has 1 fully saturated rings. The number of benzene rings is 2. The van der Waals surface area contributed by atoms with E-state index in [9.17, 15) is 14.4 Å². The van der Waals surface area contributed by atoms with Gasteiger partial charge in [-0.05, 0) is 87.1 Å². The SMILES string of the molecule is COc1ccc(-n2nc(C(=O)OCCCCCCO)c3c2C(=O)N(c2ccc(N4CCCCC4=O)cc2)CC3)cc1. The van der Waals surface area contributed by atoms with Crippen molar-refractivity contribution >= 4 is 29.2 Å². The van der Waals surface area contributed by atoms with Gasteiger partial charge in [-0.15, -0.1) is 0 Å².